The van der Waals surface area contributed by atoms with Crippen LogP contribution < -0.4 is 14.4 Å². The summed E-state index contributed by atoms with van der Waals surface area (Å²) >= 11 is 1.62. The molecule has 0 unspecified atom stereocenters. The Kier molecular flexibility index (Phi) is 9.51. The van der Waals surface area contributed by atoms with Gasteiger partial charge in [0.15, 0.2) is 15.0 Å². The quantitative estimate of drug-likeness (QED) is 0.245. The smallest absolute Gasteiger partial charge is 0.185 e. The standard InChI is InChI=1S/C32H44N2O4S2/c1-20(2)24-16-29(21(3)4)31(30(17-24)22(5)6)40(35,36)28-9-11-34(12-10-28)32-33-25(19-39-32)13-23-14-26(37-7)18-27(15-23)38-8/h14-22,28H,9-13H2,1-8H3. The zero-order valence-electron chi connectivity index (χ0n) is 25.2. The molecule has 0 spiro atoms. The SMILES string of the molecule is COc1cc(Cc2csc(N3CCC(S(=O)(=O)c4c(C(C)C)cc(C(C)C)cc4C(C)C)CC3)n2)cc(OC)c1. The molecule has 8 heteroatoms. The highest BCUT2D eigenvalue weighted by molar-refractivity contribution is 7.92. The van der Waals surface area contributed by atoms with Gasteiger partial charge in [-0.3, -0.25) is 0 Å². The van der Waals surface area contributed by atoms with E-state index in [1.807, 2.05) is 18.2 Å². The third kappa shape index (κ3) is 6.49. The second-order valence-electron chi connectivity index (χ2n) is 11.7. The van der Waals surface area contributed by atoms with E-state index in [0.29, 0.717) is 43.2 Å². The Morgan fingerprint density at radius 3 is 1.90 bits per heavy atom. The van der Waals surface area contributed by atoms with E-state index in [1.54, 1.807) is 25.6 Å². The van der Waals surface area contributed by atoms with Crippen molar-refractivity contribution in [3.8, 4) is 11.5 Å². The van der Waals surface area contributed by atoms with Gasteiger partial charge in [-0.15, -0.1) is 11.3 Å². The molecule has 6 nitrogen and oxygen atoms in total. The lowest BCUT2D eigenvalue weighted by atomic mass is 9.89. The lowest BCUT2D eigenvalue weighted by Crippen LogP contribution is -2.40. The fourth-order valence-electron chi connectivity index (χ4n) is 5.44. The van der Waals surface area contributed by atoms with E-state index in [4.69, 9.17) is 14.5 Å². The molecule has 40 heavy (non-hydrogen) atoms. The Balaban J connectivity index is 1.52. The Hall–Kier alpha value is -2.58. The first-order chi connectivity index (χ1) is 18.9. The molecule has 2 heterocycles. The number of hydrogen-bond donors (Lipinski definition) is 0. The van der Waals surface area contributed by atoms with E-state index in [0.717, 1.165) is 39.0 Å². The highest BCUT2D eigenvalue weighted by atomic mass is 32.2. The van der Waals surface area contributed by atoms with Gasteiger partial charge >= 0.3 is 0 Å². The van der Waals surface area contributed by atoms with Crippen LogP contribution in [-0.2, 0) is 16.3 Å². The number of rotatable bonds is 10. The van der Waals surface area contributed by atoms with Gasteiger partial charge in [-0.2, -0.15) is 0 Å². The number of thiazole rings is 1. The predicted molar refractivity (Wildman–Crippen MR) is 166 cm³/mol. The van der Waals surface area contributed by atoms with Gasteiger partial charge in [0.2, 0.25) is 0 Å². The first kappa shape index (κ1) is 30.4. The zero-order valence-corrected chi connectivity index (χ0v) is 26.8. The van der Waals surface area contributed by atoms with Gasteiger partial charge in [-0.1, -0.05) is 53.7 Å². The molecule has 2 aromatic carbocycles. The molecule has 1 saturated heterocycles. The molecule has 1 aliphatic rings. The molecule has 4 rings (SSSR count). The van der Waals surface area contributed by atoms with Crippen molar-refractivity contribution in [2.75, 3.05) is 32.2 Å². The van der Waals surface area contributed by atoms with E-state index in [1.165, 1.54) is 5.56 Å². The molecule has 0 saturated carbocycles. The number of anilines is 1. The zero-order chi connectivity index (χ0) is 29.2. The minimum Gasteiger partial charge on any atom is -0.497 e. The van der Waals surface area contributed by atoms with Crippen LogP contribution in [0.5, 0.6) is 11.5 Å². The van der Waals surface area contributed by atoms with Gasteiger partial charge in [-0.05, 0) is 65.0 Å². The maximum atomic E-state index is 14.2. The maximum Gasteiger partial charge on any atom is 0.185 e. The van der Waals surface area contributed by atoms with Crippen molar-refractivity contribution in [1.29, 1.82) is 0 Å². The summed E-state index contributed by atoms with van der Waals surface area (Å²) in [6.45, 7) is 14.1. The number of piperidine rings is 1. The first-order valence-electron chi connectivity index (χ1n) is 14.3. The fraction of sp³-hybridized carbons (Fsp3) is 0.531. The Labute approximate surface area is 244 Å². The molecule has 0 bridgehead atoms. The van der Waals surface area contributed by atoms with E-state index in [2.05, 4.69) is 64.0 Å². The average Bonchev–Trinajstić information content (AvgIpc) is 3.40. The Morgan fingerprint density at radius 2 is 1.43 bits per heavy atom. The molecule has 1 aliphatic heterocycles. The lowest BCUT2D eigenvalue weighted by molar-refractivity contribution is 0.393. The van der Waals surface area contributed by atoms with E-state index >= 15 is 0 Å². The highest BCUT2D eigenvalue weighted by Crippen LogP contribution is 2.39. The van der Waals surface area contributed by atoms with Gasteiger partial charge < -0.3 is 14.4 Å². The molecule has 1 aromatic heterocycles. The van der Waals surface area contributed by atoms with Crippen molar-refractivity contribution in [3.05, 3.63) is 63.7 Å². The lowest BCUT2D eigenvalue weighted by Gasteiger charge is -2.33. The van der Waals surface area contributed by atoms with Gasteiger partial charge in [0.1, 0.15) is 11.5 Å². The monoisotopic (exact) mass is 584 g/mol. The molecule has 0 atom stereocenters. The number of ether oxygens (including phenoxy) is 2. The summed E-state index contributed by atoms with van der Waals surface area (Å²) in [5.74, 6) is 2.14. The first-order valence-corrected chi connectivity index (χ1v) is 16.7. The van der Waals surface area contributed by atoms with Gasteiger partial charge in [-0.25, -0.2) is 13.4 Å². The second kappa shape index (κ2) is 12.5. The Bertz CT molecular complexity index is 1370. The van der Waals surface area contributed by atoms with Crippen molar-refractivity contribution in [3.63, 3.8) is 0 Å². The molecule has 218 valence electrons. The van der Waals surface area contributed by atoms with Crippen LogP contribution in [0, 0.1) is 0 Å². The van der Waals surface area contributed by atoms with Crippen LogP contribution in [0.25, 0.3) is 0 Å². The predicted octanol–water partition coefficient (Wildman–Crippen LogP) is 7.56. The van der Waals surface area contributed by atoms with E-state index in [-0.39, 0.29) is 17.1 Å². The summed E-state index contributed by atoms with van der Waals surface area (Å²) in [6.07, 6.45) is 1.88. The normalized spacial score (nSPS) is 14.9. The minimum absolute atomic E-state index is 0.138. The van der Waals surface area contributed by atoms with Crippen molar-refractivity contribution in [1.82, 2.24) is 4.98 Å². The van der Waals surface area contributed by atoms with Gasteiger partial charge in [0.05, 0.1) is 30.1 Å². The number of methoxy groups -OCH3 is 2. The molecular formula is C32H44N2O4S2. The third-order valence-electron chi connectivity index (χ3n) is 7.85. The summed E-state index contributed by atoms with van der Waals surface area (Å²) in [7, 11) is -0.177. The molecule has 1 fully saturated rings. The highest BCUT2D eigenvalue weighted by Gasteiger charge is 2.36. The fourth-order valence-corrected chi connectivity index (χ4v) is 8.73. The molecule has 0 aliphatic carbocycles. The van der Waals surface area contributed by atoms with E-state index < -0.39 is 9.84 Å². The molecule has 3 aromatic rings. The minimum atomic E-state index is -3.48. The largest absolute Gasteiger partial charge is 0.497 e. The van der Waals surface area contributed by atoms with Crippen molar-refractivity contribution in [2.45, 2.75) is 88.7 Å². The average molecular weight is 585 g/mol. The van der Waals surface area contributed by atoms with Crippen LogP contribution in [0.2, 0.25) is 0 Å². The van der Waals surface area contributed by atoms with Crippen LogP contribution in [0.1, 0.15) is 100 Å². The summed E-state index contributed by atoms with van der Waals surface area (Å²) in [5.41, 5.74) is 5.21. The van der Waals surface area contributed by atoms with Gasteiger partial charge in [0.25, 0.3) is 0 Å². The summed E-state index contributed by atoms with van der Waals surface area (Å²) in [5, 5.41) is 2.66. The molecular weight excluding hydrogens is 540 g/mol. The van der Waals surface area contributed by atoms with Crippen LogP contribution in [0.3, 0.4) is 0 Å². The summed E-state index contributed by atoms with van der Waals surface area (Å²) in [4.78, 5) is 7.73. The van der Waals surface area contributed by atoms with Gasteiger partial charge in [0, 0.05) is 31.0 Å². The number of sulfone groups is 1. The summed E-state index contributed by atoms with van der Waals surface area (Å²) in [6, 6.07) is 10.1. The van der Waals surface area contributed by atoms with Crippen LogP contribution in [0.4, 0.5) is 5.13 Å². The molecule has 0 radical (unpaired) electrons. The van der Waals surface area contributed by atoms with Crippen molar-refractivity contribution in [2.24, 2.45) is 0 Å². The van der Waals surface area contributed by atoms with Crippen LogP contribution in [0.15, 0.2) is 40.6 Å². The number of nitrogens with zero attached hydrogens (tertiary/aromatic N) is 2. The second-order valence-corrected chi connectivity index (χ2v) is 14.7. The number of aromatic nitrogens is 1. The van der Waals surface area contributed by atoms with Crippen molar-refractivity contribution < 1.29 is 17.9 Å². The van der Waals surface area contributed by atoms with Crippen LogP contribution >= 0.6 is 11.3 Å². The number of benzene rings is 2. The summed E-state index contributed by atoms with van der Waals surface area (Å²) < 4.78 is 39.3. The van der Waals surface area contributed by atoms with E-state index in [9.17, 15) is 8.42 Å². The molecule has 0 N–H and O–H groups in total. The Morgan fingerprint density at radius 1 is 0.875 bits per heavy atom. The topological polar surface area (TPSA) is 68.7 Å². The van der Waals surface area contributed by atoms with Crippen molar-refractivity contribution >= 4 is 26.3 Å². The molecule has 0 amide bonds. The third-order valence-corrected chi connectivity index (χ3v) is 11.2. The van der Waals surface area contributed by atoms with Crippen LogP contribution in [-0.4, -0.2) is 46.0 Å². The number of hydrogen-bond acceptors (Lipinski definition) is 7. The maximum absolute atomic E-state index is 14.2.